The number of aliphatic carboxylic acids is 1. The molecule has 0 heterocycles. The summed E-state index contributed by atoms with van der Waals surface area (Å²) in [7, 11) is 0. The summed E-state index contributed by atoms with van der Waals surface area (Å²) in [5, 5.41) is 9.91. The van der Waals surface area contributed by atoms with E-state index in [1.165, 1.54) is 0 Å². The van der Waals surface area contributed by atoms with E-state index in [2.05, 4.69) is 13.8 Å². The molecule has 4 aliphatic carbocycles. The molecule has 4 rings (SSSR count). The van der Waals surface area contributed by atoms with Crippen LogP contribution in [-0.2, 0) is 9.59 Å². The molecule has 0 aliphatic heterocycles. The van der Waals surface area contributed by atoms with Crippen LogP contribution in [0.2, 0.25) is 0 Å². The molecule has 4 aliphatic rings. The predicted octanol–water partition coefficient (Wildman–Crippen LogP) is 4.44. The Bertz CT molecular complexity index is 583. The number of rotatable bonds is 1. The number of carboxylic acid groups (broad SMARTS) is 1. The van der Waals surface area contributed by atoms with Gasteiger partial charge in [-0.2, -0.15) is 0 Å². The number of carboxylic acids is 1. The second-order valence-electron chi connectivity index (χ2n) is 9.96. The van der Waals surface area contributed by atoms with Crippen LogP contribution in [0.5, 0.6) is 0 Å². The van der Waals surface area contributed by atoms with Crippen molar-refractivity contribution in [3.63, 3.8) is 0 Å². The summed E-state index contributed by atoms with van der Waals surface area (Å²) in [4.78, 5) is 24.7. The zero-order valence-corrected chi connectivity index (χ0v) is 14.8. The van der Waals surface area contributed by atoms with Gasteiger partial charge in [0.05, 0.1) is 5.41 Å². The lowest BCUT2D eigenvalue weighted by Gasteiger charge is -2.63. The van der Waals surface area contributed by atoms with Gasteiger partial charge < -0.3 is 5.11 Å². The molecule has 23 heavy (non-hydrogen) atoms. The van der Waals surface area contributed by atoms with Crippen molar-refractivity contribution in [2.45, 2.75) is 78.6 Å². The first-order valence-corrected chi connectivity index (χ1v) is 9.43. The monoisotopic (exact) mass is 318 g/mol. The van der Waals surface area contributed by atoms with Crippen LogP contribution in [0.25, 0.3) is 0 Å². The zero-order valence-electron chi connectivity index (χ0n) is 14.8. The van der Waals surface area contributed by atoms with Gasteiger partial charge in [0, 0.05) is 11.8 Å². The summed E-state index contributed by atoms with van der Waals surface area (Å²) in [6.45, 7) is 6.54. The van der Waals surface area contributed by atoms with Crippen LogP contribution in [0.3, 0.4) is 0 Å². The third kappa shape index (κ3) is 1.77. The van der Waals surface area contributed by atoms with Crippen LogP contribution in [0.1, 0.15) is 78.6 Å². The van der Waals surface area contributed by atoms with Crippen molar-refractivity contribution in [2.75, 3.05) is 0 Å². The molecule has 2 bridgehead atoms. The van der Waals surface area contributed by atoms with Crippen molar-refractivity contribution in [3.8, 4) is 0 Å². The third-order valence-electron chi connectivity index (χ3n) is 8.84. The highest BCUT2D eigenvalue weighted by atomic mass is 16.4. The Hall–Kier alpha value is -0.860. The van der Waals surface area contributed by atoms with E-state index in [0.29, 0.717) is 11.7 Å². The van der Waals surface area contributed by atoms with Gasteiger partial charge in [-0.25, -0.2) is 0 Å². The smallest absolute Gasteiger partial charge is 0.309 e. The highest BCUT2D eigenvalue weighted by Crippen LogP contribution is 2.72. The van der Waals surface area contributed by atoms with E-state index in [9.17, 15) is 14.7 Å². The molecule has 4 fully saturated rings. The maximum atomic E-state index is 12.6. The molecular formula is C20H30O3. The molecule has 0 aromatic carbocycles. The van der Waals surface area contributed by atoms with E-state index < -0.39 is 11.4 Å². The standard InChI is InChI=1S/C20H30O3/c1-17-9-5-14-18(2)7-4-8-19(3,16(22)23)13(18)6-10-20(14,12-17)11-15(17)21/h13-14H,4-12H2,1-3H3,(H,22,23)/t13-,14?,17+,18-,19-,20-/m0/s1. The van der Waals surface area contributed by atoms with Gasteiger partial charge in [-0.3, -0.25) is 9.59 Å². The van der Waals surface area contributed by atoms with E-state index in [-0.39, 0.29) is 22.2 Å². The number of fused-ring (bicyclic) bond motifs is 3. The Labute approximate surface area is 139 Å². The average Bonchev–Trinajstić information content (AvgIpc) is 2.63. The molecule has 0 saturated heterocycles. The van der Waals surface area contributed by atoms with Gasteiger partial charge in [0.2, 0.25) is 0 Å². The number of carbonyl (C=O) groups is 2. The fraction of sp³-hybridized carbons (Fsp3) is 0.900. The van der Waals surface area contributed by atoms with Crippen molar-refractivity contribution in [3.05, 3.63) is 0 Å². The van der Waals surface area contributed by atoms with Crippen molar-refractivity contribution < 1.29 is 14.7 Å². The van der Waals surface area contributed by atoms with Crippen molar-refractivity contribution >= 4 is 11.8 Å². The van der Waals surface area contributed by atoms with Crippen LogP contribution < -0.4 is 0 Å². The summed E-state index contributed by atoms with van der Waals surface area (Å²) in [6.07, 6.45) is 9.04. The van der Waals surface area contributed by atoms with Crippen LogP contribution in [0.4, 0.5) is 0 Å². The van der Waals surface area contributed by atoms with Crippen molar-refractivity contribution in [1.82, 2.24) is 0 Å². The second-order valence-corrected chi connectivity index (χ2v) is 9.96. The molecule has 4 saturated carbocycles. The van der Waals surface area contributed by atoms with Gasteiger partial charge in [0.25, 0.3) is 0 Å². The Morgan fingerprint density at radius 2 is 1.74 bits per heavy atom. The highest BCUT2D eigenvalue weighted by Gasteiger charge is 2.68. The van der Waals surface area contributed by atoms with E-state index in [1.54, 1.807) is 0 Å². The minimum absolute atomic E-state index is 0.0789. The van der Waals surface area contributed by atoms with Crippen molar-refractivity contribution in [1.29, 1.82) is 0 Å². The van der Waals surface area contributed by atoms with Gasteiger partial charge in [0.1, 0.15) is 5.78 Å². The average molecular weight is 318 g/mol. The van der Waals surface area contributed by atoms with Gasteiger partial charge in [-0.1, -0.05) is 20.3 Å². The van der Waals surface area contributed by atoms with Gasteiger partial charge >= 0.3 is 5.97 Å². The quantitative estimate of drug-likeness (QED) is 0.777. The lowest BCUT2D eigenvalue weighted by atomic mass is 9.40. The molecule has 6 atom stereocenters. The minimum atomic E-state index is -0.604. The number of carbonyl (C=O) groups excluding carboxylic acids is 1. The van der Waals surface area contributed by atoms with Crippen LogP contribution in [-0.4, -0.2) is 16.9 Å². The first-order chi connectivity index (χ1) is 10.7. The molecule has 3 nitrogen and oxygen atoms in total. The summed E-state index contributed by atoms with van der Waals surface area (Å²) < 4.78 is 0. The predicted molar refractivity (Wildman–Crippen MR) is 87.9 cm³/mol. The first-order valence-electron chi connectivity index (χ1n) is 9.43. The zero-order chi connectivity index (χ0) is 16.7. The molecule has 0 aromatic rings. The second kappa shape index (κ2) is 4.40. The molecule has 3 heteroatoms. The summed E-state index contributed by atoms with van der Waals surface area (Å²) in [5.41, 5.74) is -0.357. The van der Waals surface area contributed by atoms with Crippen molar-refractivity contribution in [2.24, 2.45) is 33.5 Å². The minimum Gasteiger partial charge on any atom is -0.481 e. The number of hydrogen-bond acceptors (Lipinski definition) is 2. The molecule has 128 valence electrons. The molecule has 0 radical (unpaired) electrons. The molecule has 0 aromatic heterocycles. The van der Waals surface area contributed by atoms with Crippen LogP contribution in [0, 0.1) is 33.5 Å². The topological polar surface area (TPSA) is 54.4 Å². The summed E-state index contributed by atoms with van der Waals surface area (Å²) >= 11 is 0. The van der Waals surface area contributed by atoms with Gasteiger partial charge in [-0.15, -0.1) is 0 Å². The fourth-order valence-corrected chi connectivity index (χ4v) is 7.76. The van der Waals surface area contributed by atoms with Gasteiger partial charge in [0.15, 0.2) is 0 Å². The maximum Gasteiger partial charge on any atom is 0.309 e. The van der Waals surface area contributed by atoms with Crippen LogP contribution >= 0.6 is 0 Å². The highest BCUT2D eigenvalue weighted by molar-refractivity contribution is 5.88. The van der Waals surface area contributed by atoms with E-state index in [4.69, 9.17) is 0 Å². The largest absolute Gasteiger partial charge is 0.481 e. The summed E-state index contributed by atoms with van der Waals surface area (Å²) in [5.74, 6) is 0.704. The summed E-state index contributed by atoms with van der Waals surface area (Å²) in [6, 6.07) is 0. The number of ketones is 1. The number of hydrogen-bond donors (Lipinski definition) is 1. The SMILES string of the molecule is C[C@]12CCC3[C@@](CC[C@@H]4[C@@](C)(C(=O)O)CCC[C@]34C)(CC1=O)C2. The Morgan fingerprint density at radius 3 is 2.43 bits per heavy atom. The van der Waals surface area contributed by atoms with E-state index in [0.717, 1.165) is 57.8 Å². The lowest BCUT2D eigenvalue weighted by molar-refractivity contribution is -0.182. The lowest BCUT2D eigenvalue weighted by Crippen LogP contribution is -2.58. The van der Waals surface area contributed by atoms with Crippen LogP contribution in [0.15, 0.2) is 0 Å². The molecule has 1 N–H and O–H groups in total. The van der Waals surface area contributed by atoms with E-state index >= 15 is 0 Å². The Kier molecular flexibility index (Phi) is 3.00. The van der Waals surface area contributed by atoms with Gasteiger partial charge in [-0.05, 0) is 74.5 Å². The fourth-order valence-electron chi connectivity index (χ4n) is 7.76. The van der Waals surface area contributed by atoms with E-state index in [1.807, 2.05) is 6.92 Å². The molecule has 0 amide bonds. The number of Topliss-reactive ketones (excluding diaryl/α,β-unsaturated/α-hetero) is 1. The maximum absolute atomic E-state index is 12.6. The molecular weight excluding hydrogens is 288 g/mol. The molecule has 1 unspecified atom stereocenters. The molecule has 1 spiro atoms. The normalized spacial score (nSPS) is 55.2. The Morgan fingerprint density at radius 1 is 1.04 bits per heavy atom. The Balaban J connectivity index is 1.76. The first kappa shape index (κ1) is 15.7. The third-order valence-corrected chi connectivity index (χ3v) is 8.84.